The van der Waals surface area contributed by atoms with Crippen molar-refractivity contribution in [2.75, 3.05) is 38.3 Å². The molecule has 1 unspecified atom stereocenters. The van der Waals surface area contributed by atoms with Gasteiger partial charge in [0, 0.05) is 44.5 Å². The van der Waals surface area contributed by atoms with Crippen LogP contribution < -0.4 is 10.2 Å². The maximum atomic E-state index is 13.2. The van der Waals surface area contributed by atoms with Crippen molar-refractivity contribution < 1.29 is 14.3 Å². The fourth-order valence-electron chi connectivity index (χ4n) is 4.15. The van der Waals surface area contributed by atoms with Gasteiger partial charge in [0.1, 0.15) is 6.61 Å². The van der Waals surface area contributed by atoms with E-state index in [4.69, 9.17) is 4.74 Å². The third-order valence-corrected chi connectivity index (χ3v) is 5.67. The van der Waals surface area contributed by atoms with Crippen molar-refractivity contribution >= 4 is 17.5 Å². The number of ether oxygens (including phenoxy) is 1. The molecule has 2 aliphatic rings. The molecule has 27 heavy (non-hydrogen) atoms. The second kappa shape index (κ2) is 9.22. The number of benzene rings is 1. The van der Waals surface area contributed by atoms with Crippen LogP contribution in [0.3, 0.4) is 0 Å². The molecule has 0 spiro atoms. The first-order chi connectivity index (χ1) is 13.1. The molecule has 0 bridgehead atoms. The van der Waals surface area contributed by atoms with Crippen LogP contribution in [0.5, 0.6) is 0 Å². The van der Waals surface area contributed by atoms with E-state index in [0.717, 1.165) is 56.6 Å². The van der Waals surface area contributed by atoms with E-state index in [1.165, 1.54) is 13.5 Å². The quantitative estimate of drug-likeness (QED) is 0.861. The van der Waals surface area contributed by atoms with E-state index in [9.17, 15) is 9.59 Å². The third-order valence-electron chi connectivity index (χ3n) is 5.67. The highest BCUT2D eigenvalue weighted by atomic mass is 16.5. The van der Waals surface area contributed by atoms with E-state index in [0.29, 0.717) is 6.04 Å². The van der Waals surface area contributed by atoms with Crippen molar-refractivity contribution in [1.29, 1.82) is 0 Å². The first kappa shape index (κ1) is 19.7. The SMILES string of the molecule is COCC(=O)NC1CCN(c2ccccc2C(=O)N2CCCCC2C)CC1. The number of hydrogen-bond acceptors (Lipinski definition) is 4. The van der Waals surface area contributed by atoms with Crippen molar-refractivity contribution in [2.24, 2.45) is 0 Å². The fourth-order valence-corrected chi connectivity index (χ4v) is 4.15. The predicted octanol–water partition coefficient (Wildman–Crippen LogP) is 2.43. The number of likely N-dealkylation sites (tertiary alicyclic amines) is 1. The number of para-hydroxylation sites is 1. The summed E-state index contributed by atoms with van der Waals surface area (Å²) in [6, 6.07) is 8.42. The third kappa shape index (κ3) is 4.80. The fraction of sp³-hybridized carbons (Fsp3) is 0.619. The summed E-state index contributed by atoms with van der Waals surface area (Å²) >= 11 is 0. The van der Waals surface area contributed by atoms with Gasteiger partial charge in [-0.2, -0.15) is 0 Å². The Kier molecular flexibility index (Phi) is 6.72. The second-order valence-electron chi connectivity index (χ2n) is 7.62. The van der Waals surface area contributed by atoms with Gasteiger partial charge < -0.3 is 19.9 Å². The molecule has 1 N–H and O–H groups in total. The van der Waals surface area contributed by atoms with Gasteiger partial charge in [-0.05, 0) is 51.2 Å². The number of anilines is 1. The number of nitrogens with zero attached hydrogens (tertiary/aromatic N) is 2. The standard InChI is InChI=1S/C21H31N3O3/c1-16-7-5-6-12-24(16)21(26)18-8-3-4-9-19(18)23-13-10-17(11-14-23)22-20(25)15-27-2/h3-4,8-9,16-17H,5-7,10-15H2,1-2H3,(H,22,25). The van der Waals surface area contributed by atoms with Gasteiger partial charge in [0.2, 0.25) is 5.91 Å². The van der Waals surface area contributed by atoms with Gasteiger partial charge >= 0.3 is 0 Å². The highest BCUT2D eigenvalue weighted by Gasteiger charge is 2.28. The lowest BCUT2D eigenvalue weighted by Crippen LogP contribution is -2.46. The first-order valence-electron chi connectivity index (χ1n) is 10.0. The minimum absolute atomic E-state index is 0.0642. The van der Waals surface area contributed by atoms with E-state index in [2.05, 4.69) is 17.1 Å². The predicted molar refractivity (Wildman–Crippen MR) is 106 cm³/mol. The van der Waals surface area contributed by atoms with Crippen molar-refractivity contribution in [3.8, 4) is 0 Å². The minimum Gasteiger partial charge on any atom is -0.375 e. The van der Waals surface area contributed by atoms with Crippen LogP contribution in [0.4, 0.5) is 5.69 Å². The van der Waals surface area contributed by atoms with Gasteiger partial charge in [-0.1, -0.05) is 12.1 Å². The Bertz CT molecular complexity index is 656. The second-order valence-corrected chi connectivity index (χ2v) is 7.62. The summed E-state index contributed by atoms with van der Waals surface area (Å²) in [4.78, 5) is 29.2. The zero-order valence-electron chi connectivity index (χ0n) is 16.4. The van der Waals surface area contributed by atoms with Crippen LogP contribution in [0.2, 0.25) is 0 Å². The first-order valence-corrected chi connectivity index (χ1v) is 10.0. The molecule has 2 amide bonds. The summed E-state index contributed by atoms with van der Waals surface area (Å²) in [5.41, 5.74) is 1.81. The number of methoxy groups -OCH3 is 1. The zero-order valence-corrected chi connectivity index (χ0v) is 16.4. The molecule has 6 heteroatoms. The number of hydrogen-bond donors (Lipinski definition) is 1. The summed E-state index contributed by atoms with van der Waals surface area (Å²) in [5.74, 6) is 0.0823. The Labute approximate surface area is 161 Å². The smallest absolute Gasteiger partial charge is 0.256 e. The number of piperidine rings is 2. The molecule has 2 aliphatic heterocycles. The van der Waals surface area contributed by atoms with Crippen LogP contribution in [0.15, 0.2) is 24.3 Å². The van der Waals surface area contributed by atoms with Gasteiger partial charge in [-0.3, -0.25) is 9.59 Å². The van der Waals surface area contributed by atoms with Gasteiger partial charge in [0.25, 0.3) is 5.91 Å². The van der Waals surface area contributed by atoms with Gasteiger partial charge in [-0.25, -0.2) is 0 Å². The monoisotopic (exact) mass is 373 g/mol. The summed E-state index contributed by atoms with van der Waals surface area (Å²) in [7, 11) is 1.53. The molecular formula is C21H31N3O3. The lowest BCUT2D eigenvalue weighted by atomic mass is 10.00. The summed E-state index contributed by atoms with van der Waals surface area (Å²) in [6.07, 6.45) is 5.12. The van der Waals surface area contributed by atoms with Crippen molar-refractivity contribution in [3.63, 3.8) is 0 Å². The average molecular weight is 373 g/mol. The molecule has 2 heterocycles. The van der Waals surface area contributed by atoms with E-state index in [1.54, 1.807) is 0 Å². The number of carbonyl (C=O) groups excluding carboxylic acids is 2. The molecule has 148 valence electrons. The molecule has 1 atom stereocenters. The normalized spacial score (nSPS) is 21.2. The summed E-state index contributed by atoms with van der Waals surface area (Å²) in [6.45, 7) is 4.76. The molecule has 0 aliphatic carbocycles. The molecule has 0 aromatic heterocycles. The number of nitrogens with one attached hydrogen (secondary N) is 1. The lowest BCUT2D eigenvalue weighted by molar-refractivity contribution is -0.125. The highest BCUT2D eigenvalue weighted by Crippen LogP contribution is 2.27. The Balaban J connectivity index is 1.66. The van der Waals surface area contributed by atoms with Crippen LogP contribution in [-0.2, 0) is 9.53 Å². The van der Waals surface area contributed by atoms with E-state index < -0.39 is 0 Å². The van der Waals surface area contributed by atoms with Crippen LogP contribution >= 0.6 is 0 Å². The van der Waals surface area contributed by atoms with Gasteiger partial charge in [0.05, 0.1) is 5.56 Å². The van der Waals surface area contributed by atoms with E-state index in [1.807, 2.05) is 29.2 Å². The Hall–Kier alpha value is -2.08. The van der Waals surface area contributed by atoms with E-state index >= 15 is 0 Å². The van der Waals surface area contributed by atoms with Crippen LogP contribution in [0.25, 0.3) is 0 Å². The molecule has 2 saturated heterocycles. The molecule has 6 nitrogen and oxygen atoms in total. The van der Waals surface area contributed by atoms with Crippen LogP contribution in [0, 0.1) is 0 Å². The highest BCUT2D eigenvalue weighted by molar-refractivity contribution is 6.00. The van der Waals surface area contributed by atoms with Crippen molar-refractivity contribution in [1.82, 2.24) is 10.2 Å². The van der Waals surface area contributed by atoms with Crippen LogP contribution in [-0.4, -0.2) is 62.1 Å². The molecule has 1 aromatic carbocycles. The molecule has 1 aromatic rings. The largest absolute Gasteiger partial charge is 0.375 e. The van der Waals surface area contributed by atoms with Gasteiger partial charge in [-0.15, -0.1) is 0 Å². The Morgan fingerprint density at radius 1 is 1.11 bits per heavy atom. The maximum Gasteiger partial charge on any atom is 0.256 e. The van der Waals surface area contributed by atoms with Crippen LogP contribution in [0.1, 0.15) is 49.4 Å². The maximum absolute atomic E-state index is 13.2. The van der Waals surface area contributed by atoms with E-state index in [-0.39, 0.29) is 24.5 Å². The molecule has 0 radical (unpaired) electrons. The molecular weight excluding hydrogens is 342 g/mol. The average Bonchev–Trinajstić information content (AvgIpc) is 2.69. The van der Waals surface area contributed by atoms with Crippen molar-refractivity contribution in [2.45, 2.75) is 51.1 Å². The molecule has 0 saturated carbocycles. The summed E-state index contributed by atoms with van der Waals surface area (Å²) in [5, 5.41) is 3.02. The Morgan fingerprint density at radius 2 is 1.85 bits per heavy atom. The number of rotatable bonds is 5. The lowest BCUT2D eigenvalue weighted by Gasteiger charge is -2.37. The summed E-state index contributed by atoms with van der Waals surface area (Å²) < 4.78 is 4.88. The zero-order chi connectivity index (χ0) is 19.2. The van der Waals surface area contributed by atoms with Crippen molar-refractivity contribution in [3.05, 3.63) is 29.8 Å². The minimum atomic E-state index is -0.0642. The Morgan fingerprint density at radius 3 is 2.56 bits per heavy atom. The molecule has 2 fully saturated rings. The number of carbonyl (C=O) groups is 2. The number of amides is 2. The topological polar surface area (TPSA) is 61.9 Å². The van der Waals surface area contributed by atoms with Gasteiger partial charge in [0.15, 0.2) is 0 Å². The molecule has 3 rings (SSSR count).